The van der Waals surface area contributed by atoms with Crippen molar-refractivity contribution in [1.82, 2.24) is 4.98 Å². The molecule has 0 aliphatic rings. The summed E-state index contributed by atoms with van der Waals surface area (Å²) in [5.41, 5.74) is 3.56. The minimum Gasteiger partial charge on any atom is -0.311 e. The second-order valence-corrected chi connectivity index (χ2v) is 4.92. The third-order valence-corrected chi connectivity index (χ3v) is 3.32. The van der Waals surface area contributed by atoms with Crippen LogP contribution in [0, 0.1) is 13.8 Å². The Labute approximate surface area is 117 Å². The summed E-state index contributed by atoms with van der Waals surface area (Å²) < 4.78 is 0. The number of halogens is 1. The van der Waals surface area contributed by atoms with Crippen molar-refractivity contribution < 1.29 is 4.79 Å². The van der Waals surface area contributed by atoms with Crippen LogP contribution in [0.2, 0.25) is 5.02 Å². The molecule has 0 saturated carbocycles. The Balaban J connectivity index is 2.37. The van der Waals surface area contributed by atoms with E-state index in [0.717, 1.165) is 11.3 Å². The van der Waals surface area contributed by atoms with Gasteiger partial charge in [0.15, 0.2) is 0 Å². The molecule has 1 amide bonds. The van der Waals surface area contributed by atoms with Crippen molar-refractivity contribution in [1.29, 1.82) is 0 Å². The van der Waals surface area contributed by atoms with Crippen molar-refractivity contribution in [3.05, 3.63) is 58.4 Å². The molecule has 0 spiro atoms. The standard InChI is InChI=1S/C15H15ClN2O/c1-10-4-5-14(11(2)8-10)18(3)15(19)12-6-7-17-9-13(12)16/h4-9H,1-3H3. The molecule has 0 aliphatic carbocycles. The lowest BCUT2D eigenvalue weighted by molar-refractivity contribution is 0.0993. The highest BCUT2D eigenvalue weighted by Gasteiger charge is 2.17. The van der Waals surface area contributed by atoms with Gasteiger partial charge in [-0.15, -0.1) is 0 Å². The number of rotatable bonds is 2. The van der Waals surface area contributed by atoms with Gasteiger partial charge >= 0.3 is 0 Å². The molecule has 19 heavy (non-hydrogen) atoms. The monoisotopic (exact) mass is 274 g/mol. The molecule has 0 bridgehead atoms. The maximum absolute atomic E-state index is 12.4. The van der Waals surface area contributed by atoms with E-state index < -0.39 is 0 Å². The molecule has 1 aromatic carbocycles. The lowest BCUT2D eigenvalue weighted by Gasteiger charge is -2.20. The fourth-order valence-corrected chi connectivity index (χ4v) is 2.22. The summed E-state index contributed by atoms with van der Waals surface area (Å²) in [6, 6.07) is 7.61. The molecule has 2 rings (SSSR count). The van der Waals surface area contributed by atoms with E-state index in [-0.39, 0.29) is 5.91 Å². The Morgan fingerprint density at radius 3 is 2.63 bits per heavy atom. The Morgan fingerprint density at radius 2 is 2.00 bits per heavy atom. The van der Waals surface area contributed by atoms with Crippen LogP contribution in [-0.2, 0) is 0 Å². The maximum atomic E-state index is 12.4. The van der Waals surface area contributed by atoms with Gasteiger partial charge in [-0.05, 0) is 31.5 Å². The molecule has 1 heterocycles. The van der Waals surface area contributed by atoms with Crippen LogP contribution in [0.5, 0.6) is 0 Å². The molecule has 0 unspecified atom stereocenters. The minimum absolute atomic E-state index is 0.139. The first-order valence-electron chi connectivity index (χ1n) is 5.95. The molecule has 98 valence electrons. The second-order valence-electron chi connectivity index (χ2n) is 4.51. The lowest BCUT2D eigenvalue weighted by atomic mass is 10.1. The highest BCUT2D eigenvalue weighted by molar-refractivity contribution is 6.34. The van der Waals surface area contributed by atoms with E-state index in [1.165, 1.54) is 11.8 Å². The predicted octanol–water partition coefficient (Wildman–Crippen LogP) is 3.63. The van der Waals surface area contributed by atoms with E-state index in [0.29, 0.717) is 10.6 Å². The quantitative estimate of drug-likeness (QED) is 0.838. The molecule has 4 heteroatoms. The largest absolute Gasteiger partial charge is 0.311 e. The van der Waals surface area contributed by atoms with Crippen molar-refractivity contribution in [2.24, 2.45) is 0 Å². The van der Waals surface area contributed by atoms with E-state index in [1.54, 1.807) is 24.2 Å². The van der Waals surface area contributed by atoms with E-state index in [2.05, 4.69) is 4.98 Å². The Bertz CT molecular complexity index is 625. The van der Waals surface area contributed by atoms with Gasteiger partial charge in [0.2, 0.25) is 0 Å². The summed E-state index contributed by atoms with van der Waals surface area (Å²) in [6.07, 6.45) is 3.04. The summed E-state index contributed by atoms with van der Waals surface area (Å²) in [5, 5.41) is 0.365. The van der Waals surface area contributed by atoms with Crippen LogP contribution >= 0.6 is 11.6 Å². The number of aromatic nitrogens is 1. The zero-order chi connectivity index (χ0) is 14.0. The number of anilines is 1. The van der Waals surface area contributed by atoms with E-state index >= 15 is 0 Å². The van der Waals surface area contributed by atoms with Crippen molar-refractivity contribution in [3.8, 4) is 0 Å². The Morgan fingerprint density at radius 1 is 1.26 bits per heavy atom. The number of carbonyl (C=O) groups is 1. The number of carbonyl (C=O) groups excluding carboxylic acids is 1. The van der Waals surface area contributed by atoms with Gasteiger partial charge in [0, 0.05) is 25.1 Å². The highest BCUT2D eigenvalue weighted by Crippen LogP contribution is 2.23. The molecule has 0 radical (unpaired) electrons. The van der Waals surface area contributed by atoms with Gasteiger partial charge in [-0.1, -0.05) is 29.3 Å². The van der Waals surface area contributed by atoms with Gasteiger partial charge in [0.05, 0.1) is 10.6 Å². The number of amides is 1. The topological polar surface area (TPSA) is 33.2 Å². The number of benzene rings is 1. The smallest absolute Gasteiger partial charge is 0.259 e. The summed E-state index contributed by atoms with van der Waals surface area (Å²) in [6.45, 7) is 4.01. The summed E-state index contributed by atoms with van der Waals surface area (Å²) in [5.74, 6) is -0.139. The highest BCUT2D eigenvalue weighted by atomic mass is 35.5. The fraction of sp³-hybridized carbons (Fsp3) is 0.200. The molecule has 3 nitrogen and oxygen atoms in total. The van der Waals surface area contributed by atoms with Gasteiger partial charge < -0.3 is 4.90 Å². The Hall–Kier alpha value is -1.87. The van der Waals surface area contributed by atoms with Crippen LogP contribution in [0.25, 0.3) is 0 Å². The van der Waals surface area contributed by atoms with Crippen molar-refractivity contribution in [3.63, 3.8) is 0 Å². The van der Waals surface area contributed by atoms with Gasteiger partial charge in [-0.3, -0.25) is 9.78 Å². The van der Waals surface area contributed by atoms with E-state index in [1.807, 2.05) is 32.0 Å². The van der Waals surface area contributed by atoms with Crippen LogP contribution in [0.15, 0.2) is 36.7 Å². The second kappa shape index (κ2) is 5.41. The molecule has 1 aromatic heterocycles. The van der Waals surface area contributed by atoms with Gasteiger partial charge in [-0.25, -0.2) is 0 Å². The summed E-state index contributed by atoms with van der Waals surface area (Å²) >= 11 is 6.01. The van der Waals surface area contributed by atoms with Crippen molar-refractivity contribution >= 4 is 23.2 Å². The van der Waals surface area contributed by atoms with E-state index in [4.69, 9.17) is 11.6 Å². The molecule has 0 fully saturated rings. The van der Waals surface area contributed by atoms with Crippen LogP contribution < -0.4 is 4.90 Å². The molecular weight excluding hydrogens is 260 g/mol. The number of hydrogen-bond donors (Lipinski definition) is 0. The van der Waals surface area contributed by atoms with Crippen LogP contribution in [-0.4, -0.2) is 17.9 Å². The normalized spacial score (nSPS) is 10.3. The van der Waals surface area contributed by atoms with Crippen LogP contribution in [0.3, 0.4) is 0 Å². The zero-order valence-corrected chi connectivity index (χ0v) is 11.9. The predicted molar refractivity (Wildman–Crippen MR) is 77.9 cm³/mol. The number of hydrogen-bond acceptors (Lipinski definition) is 2. The van der Waals surface area contributed by atoms with Crippen molar-refractivity contribution in [2.45, 2.75) is 13.8 Å². The summed E-state index contributed by atoms with van der Waals surface area (Å²) in [7, 11) is 1.75. The number of pyridine rings is 1. The first-order chi connectivity index (χ1) is 9.00. The zero-order valence-electron chi connectivity index (χ0n) is 11.1. The SMILES string of the molecule is Cc1ccc(N(C)C(=O)c2ccncc2Cl)c(C)c1. The Kier molecular flexibility index (Phi) is 3.86. The number of nitrogens with zero attached hydrogens (tertiary/aromatic N) is 2. The first kappa shape index (κ1) is 13.6. The average molecular weight is 275 g/mol. The molecule has 0 N–H and O–H groups in total. The van der Waals surface area contributed by atoms with Crippen LogP contribution in [0.1, 0.15) is 21.5 Å². The van der Waals surface area contributed by atoms with Crippen LogP contribution in [0.4, 0.5) is 5.69 Å². The molecule has 0 aliphatic heterocycles. The number of aryl methyl sites for hydroxylation is 2. The van der Waals surface area contributed by atoms with Gasteiger partial charge in [0.25, 0.3) is 5.91 Å². The summed E-state index contributed by atoms with van der Waals surface area (Å²) in [4.78, 5) is 17.9. The third-order valence-electron chi connectivity index (χ3n) is 3.02. The van der Waals surface area contributed by atoms with Crippen molar-refractivity contribution in [2.75, 3.05) is 11.9 Å². The average Bonchev–Trinajstić information content (AvgIpc) is 2.38. The first-order valence-corrected chi connectivity index (χ1v) is 6.33. The minimum atomic E-state index is -0.139. The molecule has 0 saturated heterocycles. The molecule has 0 atom stereocenters. The van der Waals surface area contributed by atoms with Gasteiger partial charge in [-0.2, -0.15) is 0 Å². The fourth-order valence-electron chi connectivity index (χ4n) is 2.02. The van der Waals surface area contributed by atoms with E-state index in [9.17, 15) is 4.79 Å². The molecule has 2 aromatic rings. The van der Waals surface area contributed by atoms with Gasteiger partial charge in [0.1, 0.15) is 0 Å². The lowest BCUT2D eigenvalue weighted by Crippen LogP contribution is -2.27. The third kappa shape index (κ3) is 2.76. The maximum Gasteiger partial charge on any atom is 0.259 e. The molecular formula is C15H15ClN2O.